The summed E-state index contributed by atoms with van der Waals surface area (Å²) in [5.74, 6) is 0.730. The fraction of sp³-hybridized carbons (Fsp3) is 0.667. The third kappa shape index (κ3) is 5.86. The molecule has 0 aliphatic heterocycles. The second-order valence-corrected chi connectivity index (χ2v) is 4.70. The Kier molecular flexibility index (Phi) is 8.18. The Balaban J connectivity index is 2.42. The minimum absolute atomic E-state index is 0.611. The normalized spacial score (nSPS) is 10.8. The molecule has 5 heteroatoms. The molecular weight excluding hydrogens is 256 g/mol. The smallest absolute Gasteiger partial charge is 0.218 e. The van der Waals surface area contributed by atoms with Crippen LogP contribution in [0, 0.1) is 13.8 Å². The molecule has 0 fully saturated rings. The number of nitrogens with one attached hydrogen (secondary N) is 1. The molecule has 1 rings (SSSR count). The van der Waals surface area contributed by atoms with Crippen LogP contribution < -0.4 is 10.1 Å². The lowest BCUT2D eigenvalue weighted by Gasteiger charge is -2.13. The lowest BCUT2D eigenvalue weighted by Crippen LogP contribution is -2.12. The van der Waals surface area contributed by atoms with Gasteiger partial charge < -0.3 is 19.5 Å². The van der Waals surface area contributed by atoms with Crippen LogP contribution in [-0.2, 0) is 16.0 Å². The van der Waals surface area contributed by atoms with Gasteiger partial charge in [-0.25, -0.2) is 4.98 Å². The van der Waals surface area contributed by atoms with Crippen LogP contribution >= 0.6 is 0 Å². The van der Waals surface area contributed by atoms with Crippen LogP contribution in [0.5, 0.6) is 5.88 Å². The van der Waals surface area contributed by atoms with E-state index in [0.29, 0.717) is 26.4 Å². The summed E-state index contributed by atoms with van der Waals surface area (Å²) in [6.07, 6.45) is 0.845. The van der Waals surface area contributed by atoms with Crippen molar-refractivity contribution in [2.75, 3.05) is 40.6 Å². The van der Waals surface area contributed by atoms with Gasteiger partial charge in [0.25, 0.3) is 0 Å². The topological polar surface area (TPSA) is 52.6 Å². The number of methoxy groups -OCH3 is 1. The standard InChI is InChI=1S/C15H26N2O3/c1-12-10-13(2)17-15(14(12)11-16-3)20-7-5-6-19-9-8-18-4/h10,16H,5-9,11H2,1-4H3. The highest BCUT2D eigenvalue weighted by Gasteiger charge is 2.09. The van der Waals surface area contributed by atoms with Gasteiger partial charge in [-0.2, -0.15) is 0 Å². The van der Waals surface area contributed by atoms with Crippen molar-refractivity contribution < 1.29 is 14.2 Å². The largest absolute Gasteiger partial charge is 0.477 e. The Morgan fingerprint density at radius 2 is 1.95 bits per heavy atom. The highest BCUT2D eigenvalue weighted by Crippen LogP contribution is 2.20. The van der Waals surface area contributed by atoms with E-state index in [2.05, 4.69) is 23.3 Å². The molecule has 1 aromatic heterocycles. The monoisotopic (exact) mass is 282 g/mol. The zero-order chi connectivity index (χ0) is 14.8. The molecule has 1 aromatic rings. The molecule has 0 atom stereocenters. The summed E-state index contributed by atoms with van der Waals surface area (Å²) in [6.45, 7) is 7.38. The molecule has 0 amide bonds. The van der Waals surface area contributed by atoms with Crippen molar-refractivity contribution in [3.63, 3.8) is 0 Å². The van der Waals surface area contributed by atoms with Gasteiger partial charge in [0.1, 0.15) is 0 Å². The van der Waals surface area contributed by atoms with Gasteiger partial charge in [-0.1, -0.05) is 0 Å². The van der Waals surface area contributed by atoms with Crippen molar-refractivity contribution >= 4 is 0 Å². The molecule has 5 nitrogen and oxygen atoms in total. The Labute approximate surface area is 121 Å². The minimum Gasteiger partial charge on any atom is -0.477 e. The molecule has 0 aliphatic carbocycles. The van der Waals surface area contributed by atoms with E-state index in [-0.39, 0.29) is 0 Å². The molecule has 0 bridgehead atoms. The third-order valence-electron chi connectivity index (χ3n) is 2.89. The first-order valence-corrected chi connectivity index (χ1v) is 7.00. The molecule has 0 radical (unpaired) electrons. The first-order chi connectivity index (χ1) is 9.69. The SMILES string of the molecule is CNCc1c(C)cc(C)nc1OCCCOCCOC. The van der Waals surface area contributed by atoms with Gasteiger partial charge in [-0.15, -0.1) is 0 Å². The number of ether oxygens (including phenoxy) is 3. The van der Waals surface area contributed by atoms with Gasteiger partial charge in [-0.3, -0.25) is 0 Å². The van der Waals surface area contributed by atoms with E-state index in [1.807, 2.05) is 14.0 Å². The average molecular weight is 282 g/mol. The second kappa shape index (κ2) is 9.69. The number of aryl methyl sites for hydroxylation is 2. The number of rotatable bonds is 10. The molecule has 0 aliphatic rings. The lowest BCUT2D eigenvalue weighted by atomic mass is 10.1. The molecule has 114 valence electrons. The molecule has 0 saturated heterocycles. The number of hydrogen-bond donors (Lipinski definition) is 1. The number of pyridine rings is 1. The van der Waals surface area contributed by atoms with Crippen LogP contribution in [0.1, 0.15) is 23.2 Å². The summed E-state index contributed by atoms with van der Waals surface area (Å²) in [5.41, 5.74) is 3.31. The quantitative estimate of drug-likeness (QED) is 0.664. The predicted molar refractivity (Wildman–Crippen MR) is 79.3 cm³/mol. The lowest BCUT2D eigenvalue weighted by molar-refractivity contribution is 0.0641. The van der Waals surface area contributed by atoms with Gasteiger partial charge in [-0.05, 0) is 32.5 Å². The Hall–Kier alpha value is -1.17. The number of nitrogens with zero attached hydrogens (tertiary/aromatic N) is 1. The Morgan fingerprint density at radius 1 is 1.15 bits per heavy atom. The van der Waals surface area contributed by atoms with E-state index < -0.39 is 0 Å². The summed E-state index contributed by atoms with van der Waals surface area (Å²) in [4.78, 5) is 4.48. The molecule has 0 saturated carbocycles. The maximum atomic E-state index is 5.80. The van der Waals surface area contributed by atoms with Crippen LogP contribution in [0.15, 0.2) is 6.07 Å². The molecule has 1 heterocycles. The van der Waals surface area contributed by atoms with Gasteiger partial charge in [0.05, 0.1) is 19.8 Å². The Bertz CT molecular complexity index is 397. The zero-order valence-electron chi connectivity index (χ0n) is 13.0. The molecule has 20 heavy (non-hydrogen) atoms. The van der Waals surface area contributed by atoms with Crippen molar-refractivity contribution in [3.05, 3.63) is 22.9 Å². The van der Waals surface area contributed by atoms with E-state index in [0.717, 1.165) is 30.1 Å². The van der Waals surface area contributed by atoms with Gasteiger partial charge in [0, 0.05) is 37.9 Å². The van der Waals surface area contributed by atoms with Crippen LogP contribution in [0.3, 0.4) is 0 Å². The van der Waals surface area contributed by atoms with Crippen molar-refractivity contribution in [1.29, 1.82) is 0 Å². The second-order valence-electron chi connectivity index (χ2n) is 4.70. The van der Waals surface area contributed by atoms with E-state index in [1.54, 1.807) is 7.11 Å². The van der Waals surface area contributed by atoms with E-state index in [4.69, 9.17) is 14.2 Å². The van der Waals surface area contributed by atoms with Crippen LogP contribution in [-0.4, -0.2) is 45.6 Å². The van der Waals surface area contributed by atoms with Crippen molar-refractivity contribution in [2.24, 2.45) is 0 Å². The fourth-order valence-corrected chi connectivity index (χ4v) is 1.91. The van der Waals surface area contributed by atoms with E-state index in [1.165, 1.54) is 5.56 Å². The first-order valence-electron chi connectivity index (χ1n) is 7.00. The summed E-state index contributed by atoms with van der Waals surface area (Å²) in [6, 6.07) is 2.08. The Morgan fingerprint density at radius 3 is 2.65 bits per heavy atom. The highest BCUT2D eigenvalue weighted by atomic mass is 16.5. The van der Waals surface area contributed by atoms with Gasteiger partial charge in [0.15, 0.2) is 0 Å². The summed E-state index contributed by atoms with van der Waals surface area (Å²) in [7, 11) is 3.59. The van der Waals surface area contributed by atoms with Crippen molar-refractivity contribution in [1.82, 2.24) is 10.3 Å². The minimum atomic E-state index is 0.611. The van der Waals surface area contributed by atoms with Crippen molar-refractivity contribution in [3.8, 4) is 5.88 Å². The fourth-order valence-electron chi connectivity index (χ4n) is 1.91. The highest BCUT2D eigenvalue weighted by molar-refractivity contribution is 5.35. The molecular formula is C15H26N2O3. The van der Waals surface area contributed by atoms with Gasteiger partial charge in [0.2, 0.25) is 5.88 Å². The predicted octanol–water partition coefficient (Wildman–Crippen LogP) is 1.85. The molecule has 1 N–H and O–H groups in total. The summed E-state index contributed by atoms with van der Waals surface area (Å²) >= 11 is 0. The van der Waals surface area contributed by atoms with Crippen LogP contribution in [0.2, 0.25) is 0 Å². The maximum Gasteiger partial charge on any atom is 0.218 e. The molecule has 0 unspecified atom stereocenters. The van der Waals surface area contributed by atoms with E-state index in [9.17, 15) is 0 Å². The number of hydrogen-bond acceptors (Lipinski definition) is 5. The third-order valence-corrected chi connectivity index (χ3v) is 2.89. The summed E-state index contributed by atoms with van der Waals surface area (Å²) in [5, 5.41) is 3.15. The van der Waals surface area contributed by atoms with Crippen LogP contribution in [0.25, 0.3) is 0 Å². The zero-order valence-corrected chi connectivity index (χ0v) is 13.0. The van der Waals surface area contributed by atoms with Crippen LogP contribution in [0.4, 0.5) is 0 Å². The van der Waals surface area contributed by atoms with Crippen molar-refractivity contribution in [2.45, 2.75) is 26.8 Å². The molecule has 0 spiro atoms. The maximum absolute atomic E-state index is 5.80. The van der Waals surface area contributed by atoms with E-state index >= 15 is 0 Å². The van der Waals surface area contributed by atoms with Gasteiger partial charge >= 0.3 is 0 Å². The average Bonchev–Trinajstić information content (AvgIpc) is 2.41. The summed E-state index contributed by atoms with van der Waals surface area (Å²) < 4.78 is 16.1. The molecule has 0 aromatic carbocycles. The first kappa shape index (κ1) is 16.9. The number of aromatic nitrogens is 1.